The van der Waals surface area contributed by atoms with Crippen molar-refractivity contribution in [1.29, 1.82) is 0 Å². The van der Waals surface area contributed by atoms with Crippen molar-refractivity contribution in [3.05, 3.63) is 0 Å². The second kappa shape index (κ2) is 4.94. The van der Waals surface area contributed by atoms with Gasteiger partial charge in [-0.2, -0.15) is 9.80 Å². The molecule has 66 valence electrons. The lowest BCUT2D eigenvalue weighted by atomic mass is 10.4. The Kier molecular flexibility index (Phi) is 3.94. The highest BCUT2D eigenvalue weighted by molar-refractivity contribution is 6.36. The summed E-state index contributed by atoms with van der Waals surface area (Å²) in [5, 5.41) is 0. The van der Waals surface area contributed by atoms with Crippen molar-refractivity contribution in [3.63, 3.8) is 0 Å². The van der Waals surface area contributed by atoms with Gasteiger partial charge in [0.15, 0.2) is 0 Å². The van der Waals surface area contributed by atoms with Crippen molar-refractivity contribution in [2.75, 3.05) is 0 Å². The van der Waals surface area contributed by atoms with E-state index in [1.807, 2.05) is 0 Å². The lowest BCUT2D eigenvalue weighted by molar-refractivity contribution is -0.144. The molecule has 0 aliphatic heterocycles. The largest absolute Gasteiger partial charge is 0.337 e. The summed E-state index contributed by atoms with van der Waals surface area (Å²) in [6, 6.07) is 7.19. The Morgan fingerprint density at radius 3 is 1.07 bits per heavy atom. The van der Waals surface area contributed by atoms with Gasteiger partial charge in [0.05, 0.1) is 0 Å². The highest BCUT2D eigenvalue weighted by Crippen LogP contribution is 1.91. The van der Waals surface area contributed by atoms with Gasteiger partial charge in [0.25, 0.3) is 0 Å². The molecule has 4 heteroatoms. The van der Waals surface area contributed by atoms with Crippen LogP contribution in [-0.4, -0.2) is 21.6 Å². The zero-order valence-corrected chi connectivity index (χ0v) is 7.02. The molecule has 2 amide bonds. The number of carbonyl (C=O) groups excluding carboxylic acids is 2. The van der Waals surface area contributed by atoms with Crippen molar-refractivity contribution in [2.45, 2.75) is 0 Å². The Balaban J connectivity index is 4.87. The Hall–Kier alpha value is -2.82. The van der Waals surface area contributed by atoms with E-state index in [4.69, 9.17) is 25.7 Å². The molecule has 0 aromatic rings. The maximum absolute atomic E-state index is 11.1. The first kappa shape index (κ1) is 11.2. The molecule has 0 saturated carbocycles. The molecular weight excluding hydrogens is 180 g/mol. The number of hydrogen-bond donors (Lipinski definition) is 0. The third-order valence-corrected chi connectivity index (χ3v) is 1.11. The van der Waals surface area contributed by atoms with Gasteiger partial charge >= 0.3 is 11.8 Å². The molecule has 0 bridgehead atoms. The standard InChI is InChI=1S/C10H4N2O2/c1-5-11(6-2)9(13)10(14)12(7-3)8-4/h1-4H. The highest BCUT2D eigenvalue weighted by Gasteiger charge is 2.24. The molecule has 0 aromatic heterocycles. The Bertz CT molecular complexity index is 353. The maximum atomic E-state index is 11.1. The van der Waals surface area contributed by atoms with E-state index in [1.54, 1.807) is 24.2 Å². The first-order valence-electron chi connectivity index (χ1n) is 3.15. The van der Waals surface area contributed by atoms with Crippen molar-refractivity contribution < 1.29 is 9.59 Å². The quantitative estimate of drug-likeness (QED) is 0.275. The van der Waals surface area contributed by atoms with Crippen molar-refractivity contribution in [2.24, 2.45) is 0 Å². The molecule has 0 spiro atoms. The second-order valence-electron chi connectivity index (χ2n) is 1.80. The van der Waals surface area contributed by atoms with Gasteiger partial charge in [0.1, 0.15) is 0 Å². The molecule has 0 aliphatic rings. The molecule has 0 aromatic carbocycles. The van der Waals surface area contributed by atoms with Crippen LogP contribution in [0.5, 0.6) is 0 Å². The van der Waals surface area contributed by atoms with Crippen LogP contribution < -0.4 is 0 Å². The molecule has 0 atom stereocenters. The fourth-order valence-electron chi connectivity index (χ4n) is 0.500. The molecule has 14 heavy (non-hydrogen) atoms. The Labute approximate surface area is 81.9 Å². The van der Waals surface area contributed by atoms with Crippen LogP contribution >= 0.6 is 0 Å². The third-order valence-electron chi connectivity index (χ3n) is 1.11. The number of nitrogens with zero attached hydrogens (tertiary/aromatic N) is 2. The lowest BCUT2D eigenvalue weighted by Crippen LogP contribution is -2.37. The van der Waals surface area contributed by atoms with Gasteiger partial charge < -0.3 is 0 Å². The van der Waals surface area contributed by atoms with Gasteiger partial charge in [-0.25, -0.2) is 0 Å². The lowest BCUT2D eigenvalue weighted by Gasteiger charge is -2.08. The van der Waals surface area contributed by atoms with Crippen molar-refractivity contribution in [3.8, 4) is 49.9 Å². The van der Waals surface area contributed by atoms with Gasteiger partial charge in [0.2, 0.25) is 0 Å². The van der Waals surface area contributed by atoms with Crippen LogP contribution in [0, 0.1) is 49.9 Å². The van der Waals surface area contributed by atoms with E-state index >= 15 is 0 Å². The maximum Gasteiger partial charge on any atom is 0.337 e. The molecular formula is C10H4N2O2. The number of rotatable bonds is 0. The van der Waals surface area contributed by atoms with Crippen LogP contribution in [-0.2, 0) is 9.59 Å². The van der Waals surface area contributed by atoms with E-state index < -0.39 is 11.8 Å². The first-order chi connectivity index (χ1) is 6.62. The monoisotopic (exact) mass is 184 g/mol. The minimum atomic E-state index is -1.15. The molecule has 0 N–H and O–H groups in total. The van der Waals surface area contributed by atoms with E-state index in [0.717, 1.165) is 0 Å². The van der Waals surface area contributed by atoms with Gasteiger partial charge in [-0.3, -0.25) is 9.59 Å². The molecule has 0 saturated heterocycles. The summed E-state index contributed by atoms with van der Waals surface area (Å²) in [6.07, 6.45) is 19.4. The van der Waals surface area contributed by atoms with E-state index in [-0.39, 0.29) is 0 Å². The Morgan fingerprint density at radius 2 is 0.929 bits per heavy atom. The van der Waals surface area contributed by atoms with Crippen LogP contribution in [0.3, 0.4) is 0 Å². The zero-order valence-electron chi connectivity index (χ0n) is 7.02. The van der Waals surface area contributed by atoms with Crippen molar-refractivity contribution in [1.82, 2.24) is 9.80 Å². The SMILES string of the molecule is C#CN(C#C)C(=O)C(=O)N(C#C)C#C. The van der Waals surface area contributed by atoms with Crippen LogP contribution in [0.15, 0.2) is 0 Å². The molecule has 0 radical (unpaired) electrons. The third kappa shape index (κ3) is 2.08. The fraction of sp³-hybridized carbons (Fsp3) is 0. The van der Waals surface area contributed by atoms with Crippen LogP contribution in [0.2, 0.25) is 0 Å². The summed E-state index contributed by atoms with van der Waals surface area (Å²) in [5.41, 5.74) is 0. The number of amides is 2. The summed E-state index contributed by atoms with van der Waals surface area (Å²) in [4.78, 5) is 23.1. The summed E-state index contributed by atoms with van der Waals surface area (Å²) in [7, 11) is 0. The molecule has 0 fully saturated rings. The predicted molar refractivity (Wildman–Crippen MR) is 49.0 cm³/mol. The second-order valence-corrected chi connectivity index (χ2v) is 1.80. The van der Waals surface area contributed by atoms with Crippen LogP contribution in [0.4, 0.5) is 0 Å². The van der Waals surface area contributed by atoms with Gasteiger partial charge in [-0.15, -0.1) is 0 Å². The van der Waals surface area contributed by atoms with E-state index in [1.165, 1.54) is 0 Å². The average molecular weight is 184 g/mol. The molecule has 0 aliphatic carbocycles. The molecule has 0 unspecified atom stereocenters. The summed E-state index contributed by atoms with van der Waals surface area (Å²) in [5.74, 6) is -2.29. The number of terminal acetylenes is 4. The number of carbonyl (C=O) groups is 2. The van der Waals surface area contributed by atoms with Crippen LogP contribution in [0.1, 0.15) is 0 Å². The topological polar surface area (TPSA) is 40.6 Å². The predicted octanol–water partition coefficient (Wildman–Crippen LogP) is -0.994. The van der Waals surface area contributed by atoms with Gasteiger partial charge in [-0.1, -0.05) is 25.7 Å². The highest BCUT2D eigenvalue weighted by atomic mass is 16.2. The van der Waals surface area contributed by atoms with Crippen molar-refractivity contribution >= 4 is 11.8 Å². The van der Waals surface area contributed by atoms with E-state index in [2.05, 4.69) is 0 Å². The average Bonchev–Trinajstić information content (AvgIpc) is 2.21. The molecule has 0 rings (SSSR count). The minimum absolute atomic E-state index is 0.407. The number of hydrogen-bond acceptors (Lipinski definition) is 2. The Morgan fingerprint density at radius 1 is 0.714 bits per heavy atom. The smallest absolute Gasteiger partial charge is 0.261 e. The van der Waals surface area contributed by atoms with Crippen LogP contribution in [0.25, 0.3) is 0 Å². The molecule has 4 nitrogen and oxygen atoms in total. The molecule has 0 heterocycles. The van der Waals surface area contributed by atoms with E-state index in [9.17, 15) is 9.59 Å². The zero-order chi connectivity index (χ0) is 11.1. The summed E-state index contributed by atoms with van der Waals surface area (Å²) in [6.45, 7) is 0. The van der Waals surface area contributed by atoms with Gasteiger partial charge in [-0.05, 0) is 0 Å². The fourth-order valence-corrected chi connectivity index (χ4v) is 0.500. The van der Waals surface area contributed by atoms with Gasteiger partial charge in [0, 0.05) is 24.2 Å². The summed E-state index contributed by atoms with van der Waals surface area (Å²) < 4.78 is 0. The van der Waals surface area contributed by atoms with E-state index in [0.29, 0.717) is 9.80 Å². The first-order valence-corrected chi connectivity index (χ1v) is 3.15. The normalized spacial score (nSPS) is 6.86. The summed E-state index contributed by atoms with van der Waals surface area (Å²) >= 11 is 0. The minimum Gasteiger partial charge on any atom is -0.261 e.